The number of nitrogens with zero attached hydrogens (tertiary/aromatic N) is 1. The standard InChI is InChI=1S/C15H14ClNO3/c1-19-12-6-7-15(14(18)8-12)9-13(17-20-15)10-2-4-11(16)5-3-10/h2-5,8H,6-7,9H2,1H3. The highest BCUT2D eigenvalue weighted by molar-refractivity contribution is 6.30. The summed E-state index contributed by atoms with van der Waals surface area (Å²) in [5.41, 5.74) is 0.863. The fourth-order valence-corrected chi connectivity index (χ4v) is 2.63. The molecule has 1 atom stereocenters. The molecule has 0 saturated carbocycles. The maximum atomic E-state index is 12.2. The van der Waals surface area contributed by atoms with Crippen molar-refractivity contribution in [3.63, 3.8) is 0 Å². The van der Waals surface area contributed by atoms with Gasteiger partial charge in [-0.25, -0.2) is 0 Å². The van der Waals surface area contributed by atoms with Crippen molar-refractivity contribution in [1.29, 1.82) is 0 Å². The molecule has 0 bridgehead atoms. The Balaban J connectivity index is 1.80. The Morgan fingerprint density at radius 3 is 2.75 bits per heavy atom. The molecule has 0 amide bonds. The van der Waals surface area contributed by atoms with Gasteiger partial charge in [-0.1, -0.05) is 28.9 Å². The van der Waals surface area contributed by atoms with Gasteiger partial charge in [-0.3, -0.25) is 4.79 Å². The Morgan fingerprint density at radius 2 is 2.10 bits per heavy atom. The van der Waals surface area contributed by atoms with Crippen molar-refractivity contribution in [2.45, 2.75) is 24.9 Å². The van der Waals surface area contributed by atoms with E-state index in [1.807, 2.05) is 12.1 Å². The highest BCUT2D eigenvalue weighted by atomic mass is 35.5. The van der Waals surface area contributed by atoms with Crippen LogP contribution in [-0.2, 0) is 14.4 Å². The van der Waals surface area contributed by atoms with Gasteiger partial charge in [-0.15, -0.1) is 0 Å². The van der Waals surface area contributed by atoms with Gasteiger partial charge in [-0.2, -0.15) is 0 Å². The van der Waals surface area contributed by atoms with E-state index in [0.29, 0.717) is 30.0 Å². The van der Waals surface area contributed by atoms with Gasteiger partial charge in [0.1, 0.15) is 0 Å². The van der Waals surface area contributed by atoms with Gasteiger partial charge >= 0.3 is 0 Å². The van der Waals surface area contributed by atoms with Crippen LogP contribution in [0.5, 0.6) is 0 Å². The second-order valence-electron chi connectivity index (χ2n) is 4.99. The third-order valence-electron chi connectivity index (χ3n) is 3.74. The van der Waals surface area contributed by atoms with Gasteiger partial charge in [0, 0.05) is 30.4 Å². The van der Waals surface area contributed by atoms with Crippen molar-refractivity contribution in [3.8, 4) is 0 Å². The molecule has 4 nitrogen and oxygen atoms in total. The molecule has 1 aromatic rings. The minimum atomic E-state index is -0.850. The van der Waals surface area contributed by atoms with Crippen LogP contribution in [0.3, 0.4) is 0 Å². The third kappa shape index (κ3) is 2.20. The van der Waals surface area contributed by atoms with E-state index in [4.69, 9.17) is 21.2 Å². The normalized spacial score (nSPS) is 25.2. The molecule has 2 aliphatic rings. The number of ketones is 1. The number of allylic oxidation sites excluding steroid dienone is 1. The molecule has 0 fully saturated rings. The highest BCUT2D eigenvalue weighted by Gasteiger charge is 2.47. The predicted molar refractivity (Wildman–Crippen MR) is 75.8 cm³/mol. The number of carbonyl (C=O) groups is 1. The van der Waals surface area contributed by atoms with Gasteiger partial charge < -0.3 is 9.57 Å². The van der Waals surface area contributed by atoms with E-state index in [1.165, 1.54) is 6.08 Å². The van der Waals surface area contributed by atoms with Crippen molar-refractivity contribution in [1.82, 2.24) is 0 Å². The predicted octanol–water partition coefficient (Wildman–Crippen LogP) is 3.10. The van der Waals surface area contributed by atoms with Crippen LogP contribution in [0.2, 0.25) is 5.02 Å². The average molecular weight is 292 g/mol. The summed E-state index contributed by atoms with van der Waals surface area (Å²) in [5, 5.41) is 4.77. The first kappa shape index (κ1) is 13.2. The summed E-state index contributed by atoms with van der Waals surface area (Å²) in [6, 6.07) is 7.37. The summed E-state index contributed by atoms with van der Waals surface area (Å²) in [6.45, 7) is 0. The number of oxime groups is 1. The Bertz CT molecular complexity index is 606. The van der Waals surface area contributed by atoms with Crippen molar-refractivity contribution < 1.29 is 14.4 Å². The Hall–Kier alpha value is -1.81. The Labute approximate surface area is 122 Å². The van der Waals surface area contributed by atoms with Crippen LogP contribution in [0.1, 0.15) is 24.8 Å². The molecule has 5 heteroatoms. The van der Waals surface area contributed by atoms with Crippen LogP contribution < -0.4 is 0 Å². The molecule has 3 rings (SSSR count). The first-order chi connectivity index (χ1) is 9.63. The summed E-state index contributed by atoms with van der Waals surface area (Å²) < 4.78 is 5.12. The molecule has 20 heavy (non-hydrogen) atoms. The number of hydrogen-bond donors (Lipinski definition) is 0. The Kier molecular flexibility index (Phi) is 3.26. The lowest BCUT2D eigenvalue weighted by molar-refractivity contribution is -0.138. The molecule has 1 unspecified atom stereocenters. The molecular weight excluding hydrogens is 278 g/mol. The molecule has 1 spiro atoms. The van der Waals surface area contributed by atoms with Gasteiger partial charge in [-0.05, 0) is 17.7 Å². The van der Waals surface area contributed by atoms with Gasteiger partial charge in [0.15, 0.2) is 0 Å². The third-order valence-corrected chi connectivity index (χ3v) is 3.99. The van der Waals surface area contributed by atoms with E-state index in [-0.39, 0.29) is 5.78 Å². The van der Waals surface area contributed by atoms with Crippen molar-refractivity contribution in [3.05, 3.63) is 46.7 Å². The molecule has 1 aliphatic heterocycles. The lowest BCUT2D eigenvalue weighted by Crippen LogP contribution is -2.40. The van der Waals surface area contributed by atoms with Crippen LogP contribution in [0.25, 0.3) is 0 Å². The molecule has 1 aromatic carbocycles. The highest BCUT2D eigenvalue weighted by Crippen LogP contribution is 2.37. The molecule has 1 aliphatic carbocycles. The summed E-state index contributed by atoms with van der Waals surface area (Å²) in [6.07, 6.45) is 3.28. The minimum Gasteiger partial charge on any atom is -0.501 e. The maximum Gasteiger partial charge on any atom is 0.205 e. The number of hydrogen-bond acceptors (Lipinski definition) is 4. The maximum absolute atomic E-state index is 12.2. The molecule has 0 N–H and O–H groups in total. The first-order valence-electron chi connectivity index (χ1n) is 6.43. The zero-order valence-corrected chi connectivity index (χ0v) is 11.8. The molecule has 0 radical (unpaired) electrons. The quantitative estimate of drug-likeness (QED) is 0.841. The average Bonchev–Trinajstić information content (AvgIpc) is 2.88. The Morgan fingerprint density at radius 1 is 1.35 bits per heavy atom. The van der Waals surface area contributed by atoms with Gasteiger partial charge in [0.05, 0.1) is 18.6 Å². The topological polar surface area (TPSA) is 47.9 Å². The van der Waals surface area contributed by atoms with Crippen LogP contribution in [0, 0.1) is 0 Å². The number of ether oxygens (including phenoxy) is 1. The van der Waals surface area contributed by atoms with E-state index < -0.39 is 5.60 Å². The number of carbonyl (C=O) groups excluding carboxylic acids is 1. The molecule has 0 saturated heterocycles. The van der Waals surface area contributed by atoms with Crippen LogP contribution >= 0.6 is 11.6 Å². The van der Waals surface area contributed by atoms with Crippen LogP contribution in [0.15, 0.2) is 41.3 Å². The number of rotatable bonds is 2. The monoisotopic (exact) mass is 291 g/mol. The van der Waals surface area contributed by atoms with Crippen LogP contribution in [-0.4, -0.2) is 24.2 Å². The zero-order chi connectivity index (χ0) is 14.2. The van der Waals surface area contributed by atoms with Gasteiger partial charge in [0.25, 0.3) is 0 Å². The van der Waals surface area contributed by atoms with Crippen molar-refractivity contribution in [2.24, 2.45) is 5.16 Å². The minimum absolute atomic E-state index is 0.0756. The summed E-state index contributed by atoms with van der Waals surface area (Å²) in [7, 11) is 1.57. The smallest absolute Gasteiger partial charge is 0.205 e. The molecular formula is C15H14ClNO3. The lowest BCUT2D eigenvalue weighted by atomic mass is 9.82. The zero-order valence-electron chi connectivity index (χ0n) is 11.1. The van der Waals surface area contributed by atoms with E-state index in [1.54, 1.807) is 19.2 Å². The number of methoxy groups -OCH3 is 1. The summed E-state index contributed by atoms with van der Waals surface area (Å²) in [4.78, 5) is 17.7. The van der Waals surface area contributed by atoms with E-state index in [9.17, 15) is 4.79 Å². The summed E-state index contributed by atoms with van der Waals surface area (Å²) in [5.74, 6) is 0.623. The number of benzene rings is 1. The SMILES string of the molecule is COC1=CC(=O)C2(CC1)CC(c1ccc(Cl)cc1)=NO2. The summed E-state index contributed by atoms with van der Waals surface area (Å²) >= 11 is 5.87. The number of halogens is 1. The van der Waals surface area contributed by atoms with Crippen molar-refractivity contribution in [2.75, 3.05) is 7.11 Å². The second-order valence-corrected chi connectivity index (χ2v) is 5.42. The fourth-order valence-electron chi connectivity index (χ4n) is 2.50. The molecule has 0 aromatic heterocycles. The first-order valence-corrected chi connectivity index (χ1v) is 6.81. The van der Waals surface area contributed by atoms with E-state index >= 15 is 0 Å². The van der Waals surface area contributed by atoms with Crippen molar-refractivity contribution >= 4 is 23.1 Å². The molecule has 104 valence electrons. The van der Waals surface area contributed by atoms with Gasteiger partial charge in [0.2, 0.25) is 11.4 Å². The largest absolute Gasteiger partial charge is 0.501 e. The van der Waals surface area contributed by atoms with E-state index in [0.717, 1.165) is 11.3 Å². The van der Waals surface area contributed by atoms with Crippen LogP contribution in [0.4, 0.5) is 0 Å². The van der Waals surface area contributed by atoms with E-state index in [2.05, 4.69) is 5.16 Å². The lowest BCUT2D eigenvalue weighted by Gasteiger charge is -2.27. The molecule has 1 heterocycles. The fraction of sp³-hybridized carbons (Fsp3) is 0.333. The second kappa shape index (κ2) is 4.94.